The molecule has 0 aliphatic carbocycles. The summed E-state index contributed by atoms with van der Waals surface area (Å²) < 4.78 is 16.1. The summed E-state index contributed by atoms with van der Waals surface area (Å²) in [6, 6.07) is 13.5. The van der Waals surface area contributed by atoms with Crippen LogP contribution in [0.3, 0.4) is 0 Å². The molecule has 0 heterocycles. The highest BCUT2D eigenvalue weighted by molar-refractivity contribution is 7.99. The highest BCUT2D eigenvalue weighted by atomic mass is 32.2. The van der Waals surface area contributed by atoms with Gasteiger partial charge in [0.1, 0.15) is 12.7 Å². The normalized spacial score (nSPS) is 11.6. The molecular weight excluding hydrogens is 378 g/mol. The highest BCUT2D eigenvalue weighted by Gasteiger charge is 2.14. The van der Waals surface area contributed by atoms with E-state index in [0.29, 0.717) is 23.0 Å². The van der Waals surface area contributed by atoms with E-state index >= 15 is 0 Å². The fraction of sp³-hybridized carbons (Fsp3) is 0.381. The van der Waals surface area contributed by atoms with E-state index < -0.39 is 6.10 Å². The summed E-state index contributed by atoms with van der Waals surface area (Å²) in [5.74, 6) is 2.44. The van der Waals surface area contributed by atoms with Crippen molar-refractivity contribution in [3.05, 3.63) is 53.6 Å². The molecule has 1 unspecified atom stereocenters. The number of aryl methyl sites for hydroxylation is 1. The first kappa shape index (κ1) is 21.9. The van der Waals surface area contributed by atoms with Crippen LogP contribution in [-0.2, 0) is 10.5 Å². The second-order valence-electron chi connectivity index (χ2n) is 6.24. The molecule has 28 heavy (non-hydrogen) atoms. The lowest BCUT2D eigenvalue weighted by Gasteiger charge is -2.17. The lowest BCUT2D eigenvalue weighted by atomic mass is 10.2. The van der Waals surface area contributed by atoms with Crippen LogP contribution in [0.5, 0.6) is 17.2 Å². The number of para-hydroxylation sites is 1. The van der Waals surface area contributed by atoms with Gasteiger partial charge in [0.15, 0.2) is 11.5 Å². The summed E-state index contributed by atoms with van der Waals surface area (Å²) in [7, 11) is 3.07. The van der Waals surface area contributed by atoms with Gasteiger partial charge in [0, 0.05) is 12.3 Å². The van der Waals surface area contributed by atoms with Gasteiger partial charge in [-0.25, -0.2) is 0 Å². The largest absolute Gasteiger partial charge is 0.493 e. The Labute approximate surface area is 170 Å². The van der Waals surface area contributed by atoms with Gasteiger partial charge in [-0.3, -0.25) is 4.79 Å². The molecule has 2 aromatic carbocycles. The fourth-order valence-electron chi connectivity index (χ4n) is 2.43. The third-order valence-corrected chi connectivity index (χ3v) is 4.96. The molecule has 0 aliphatic heterocycles. The number of aliphatic hydroxyl groups excluding tert-OH is 1. The minimum Gasteiger partial charge on any atom is -0.493 e. The number of ether oxygens (including phenoxy) is 3. The van der Waals surface area contributed by atoms with Gasteiger partial charge in [-0.05, 0) is 24.6 Å². The molecule has 1 amide bonds. The number of aliphatic hydroxyl groups is 1. The summed E-state index contributed by atoms with van der Waals surface area (Å²) >= 11 is 1.53. The van der Waals surface area contributed by atoms with Gasteiger partial charge >= 0.3 is 0 Å². The van der Waals surface area contributed by atoms with Crippen molar-refractivity contribution >= 4 is 17.7 Å². The summed E-state index contributed by atoms with van der Waals surface area (Å²) in [5, 5.41) is 12.8. The van der Waals surface area contributed by atoms with E-state index in [1.807, 2.05) is 6.92 Å². The Hall–Kier alpha value is -2.38. The zero-order chi connectivity index (χ0) is 20.4. The predicted octanol–water partition coefficient (Wildman–Crippen LogP) is 2.80. The van der Waals surface area contributed by atoms with Crippen LogP contribution in [0.25, 0.3) is 0 Å². The summed E-state index contributed by atoms with van der Waals surface area (Å²) in [5.41, 5.74) is 2.40. The van der Waals surface area contributed by atoms with Crippen molar-refractivity contribution in [3.63, 3.8) is 0 Å². The first-order chi connectivity index (χ1) is 13.5. The maximum atomic E-state index is 11.9. The van der Waals surface area contributed by atoms with E-state index in [9.17, 15) is 9.90 Å². The predicted molar refractivity (Wildman–Crippen MR) is 111 cm³/mol. The molecule has 6 nitrogen and oxygen atoms in total. The minimum absolute atomic E-state index is 0.00746. The Morgan fingerprint density at radius 2 is 1.75 bits per heavy atom. The average molecular weight is 406 g/mol. The van der Waals surface area contributed by atoms with Crippen molar-refractivity contribution in [3.8, 4) is 17.2 Å². The molecule has 0 aromatic heterocycles. The second kappa shape index (κ2) is 11.5. The van der Waals surface area contributed by atoms with E-state index in [1.54, 1.807) is 18.2 Å². The molecule has 152 valence electrons. The molecule has 0 aliphatic rings. The number of carbonyl (C=O) groups excluding carboxylic acids is 1. The van der Waals surface area contributed by atoms with Crippen LogP contribution in [-0.4, -0.2) is 50.2 Å². The number of benzene rings is 2. The van der Waals surface area contributed by atoms with Crippen LogP contribution in [0.1, 0.15) is 11.1 Å². The smallest absolute Gasteiger partial charge is 0.230 e. The minimum atomic E-state index is -0.847. The Morgan fingerprint density at radius 1 is 1.11 bits per heavy atom. The SMILES string of the molecule is COc1cccc(OC)c1OCC(O)CNC(=O)CSCc1ccc(C)cc1. The molecule has 0 saturated heterocycles. The van der Waals surface area contributed by atoms with Crippen LogP contribution in [0, 0.1) is 6.92 Å². The van der Waals surface area contributed by atoms with Crippen LogP contribution in [0.2, 0.25) is 0 Å². The van der Waals surface area contributed by atoms with Crippen molar-refractivity contribution < 1.29 is 24.1 Å². The lowest BCUT2D eigenvalue weighted by molar-refractivity contribution is -0.119. The molecule has 7 heteroatoms. The first-order valence-electron chi connectivity index (χ1n) is 8.95. The van der Waals surface area contributed by atoms with Crippen molar-refractivity contribution in [1.29, 1.82) is 0 Å². The molecule has 0 spiro atoms. The third kappa shape index (κ3) is 6.98. The van der Waals surface area contributed by atoms with Gasteiger partial charge in [0.05, 0.1) is 20.0 Å². The number of nitrogens with one attached hydrogen (secondary N) is 1. The molecule has 0 saturated carbocycles. The average Bonchev–Trinajstić information content (AvgIpc) is 2.71. The quantitative estimate of drug-likeness (QED) is 0.599. The van der Waals surface area contributed by atoms with Gasteiger partial charge in [0.25, 0.3) is 0 Å². The highest BCUT2D eigenvalue weighted by Crippen LogP contribution is 2.36. The number of methoxy groups -OCH3 is 2. The molecule has 2 aromatic rings. The topological polar surface area (TPSA) is 77.0 Å². The van der Waals surface area contributed by atoms with Gasteiger partial charge in [0.2, 0.25) is 11.7 Å². The molecule has 0 radical (unpaired) electrons. The Balaban J connectivity index is 1.70. The number of hydrogen-bond acceptors (Lipinski definition) is 6. The monoisotopic (exact) mass is 405 g/mol. The van der Waals surface area contributed by atoms with Crippen molar-refractivity contribution in [2.45, 2.75) is 18.8 Å². The van der Waals surface area contributed by atoms with Gasteiger partial charge in [-0.1, -0.05) is 35.9 Å². The summed E-state index contributed by atoms with van der Waals surface area (Å²) in [6.45, 7) is 2.16. The molecule has 1 atom stereocenters. The van der Waals surface area contributed by atoms with Gasteiger partial charge in [-0.15, -0.1) is 11.8 Å². The fourth-order valence-corrected chi connectivity index (χ4v) is 3.24. The van der Waals surface area contributed by atoms with Crippen LogP contribution in [0.4, 0.5) is 0 Å². The number of carbonyl (C=O) groups is 1. The van der Waals surface area contributed by atoms with Crippen molar-refractivity contribution in [2.75, 3.05) is 33.1 Å². The number of amides is 1. The Bertz CT molecular complexity index is 729. The zero-order valence-electron chi connectivity index (χ0n) is 16.4. The van der Waals surface area contributed by atoms with E-state index in [4.69, 9.17) is 14.2 Å². The second-order valence-corrected chi connectivity index (χ2v) is 7.22. The van der Waals surface area contributed by atoms with Crippen molar-refractivity contribution in [1.82, 2.24) is 5.32 Å². The van der Waals surface area contributed by atoms with Gasteiger partial charge < -0.3 is 24.6 Å². The number of thioether (sulfide) groups is 1. The van der Waals surface area contributed by atoms with E-state index in [-0.39, 0.29) is 19.1 Å². The standard InChI is InChI=1S/C21H27NO5S/c1-15-7-9-16(10-8-15)13-28-14-20(24)22-11-17(23)12-27-21-18(25-2)5-4-6-19(21)26-3/h4-10,17,23H,11-14H2,1-3H3,(H,22,24). The van der Waals surface area contributed by atoms with Crippen molar-refractivity contribution in [2.24, 2.45) is 0 Å². The van der Waals surface area contributed by atoms with E-state index in [0.717, 1.165) is 5.75 Å². The molecule has 0 bridgehead atoms. The maximum Gasteiger partial charge on any atom is 0.230 e. The Morgan fingerprint density at radius 3 is 2.36 bits per heavy atom. The number of hydrogen-bond donors (Lipinski definition) is 2. The molecule has 2 N–H and O–H groups in total. The summed E-state index contributed by atoms with van der Waals surface area (Å²) in [6.07, 6.45) is -0.847. The zero-order valence-corrected chi connectivity index (χ0v) is 17.3. The molecular formula is C21H27NO5S. The molecule has 0 fully saturated rings. The van der Waals surface area contributed by atoms with Crippen LogP contribution in [0.15, 0.2) is 42.5 Å². The maximum absolute atomic E-state index is 11.9. The summed E-state index contributed by atoms with van der Waals surface area (Å²) in [4.78, 5) is 11.9. The number of rotatable bonds is 11. The lowest BCUT2D eigenvalue weighted by Crippen LogP contribution is -2.36. The Kier molecular flexibility index (Phi) is 8.97. The van der Waals surface area contributed by atoms with Crippen LogP contribution >= 0.6 is 11.8 Å². The van der Waals surface area contributed by atoms with E-state index in [1.165, 1.54) is 37.1 Å². The van der Waals surface area contributed by atoms with Crippen LogP contribution < -0.4 is 19.5 Å². The third-order valence-electron chi connectivity index (χ3n) is 3.96. The van der Waals surface area contributed by atoms with E-state index in [2.05, 4.69) is 29.6 Å². The molecule has 2 rings (SSSR count). The first-order valence-corrected chi connectivity index (χ1v) is 10.1. The van der Waals surface area contributed by atoms with Gasteiger partial charge in [-0.2, -0.15) is 0 Å².